The number of aliphatic hydroxyl groups excluding tert-OH is 2. The van der Waals surface area contributed by atoms with Crippen molar-refractivity contribution in [3.8, 4) is 0 Å². The lowest BCUT2D eigenvalue weighted by Crippen LogP contribution is -2.51. The number of amides is 1. The first-order valence-electron chi connectivity index (χ1n) is 7.24. The summed E-state index contributed by atoms with van der Waals surface area (Å²) in [6, 6.07) is 7.97. The average Bonchev–Trinajstić information content (AvgIpc) is 3.17. The minimum atomic E-state index is -1.03. The molecule has 0 bridgehead atoms. The highest BCUT2D eigenvalue weighted by atomic mass is 16.7. The van der Waals surface area contributed by atoms with Crippen LogP contribution in [0.2, 0.25) is 0 Å². The molecule has 3 rings (SSSR count). The van der Waals surface area contributed by atoms with Crippen molar-refractivity contribution in [2.45, 2.75) is 30.6 Å². The molecule has 2 aliphatic rings. The van der Waals surface area contributed by atoms with Crippen molar-refractivity contribution in [2.24, 2.45) is 0 Å². The smallest absolute Gasteiger partial charge is 0.251 e. The van der Waals surface area contributed by atoms with Gasteiger partial charge in [0.2, 0.25) is 0 Å². The molecular weight excluding hydrogens is 290 g/mol. The predicted octanol–water partition coefficient (Wildman–Crippen LogP) is -0.721. The minimum Gasteiger partial charge on any atom is -0.394 e. The summed E-state index contributed by atoms with van der Waals surface area (Å²) in [6.45, 7) is 0.523. The van der Waals surface area contributed by atoms with Gasteiger partial charge >= 0.3 is 0 Å². The number of aliphatic hydroxyl groups is 2. The van der Waals surface area contributed by atoms with Gasteiger partial charge in [0.25, 0.3) is 5.91 Å². The van der Waals surface area contributed by atoms with Crippen LogP contribution in [0.25, 0.3) is 0 Å². The summed E-state index contributed by atoms with van der Waals surface area (Å²) in [5, 5.41) is 22.3. The molecule has 0 saturated carbocycles. The lowest BCUT2D eigenvalue weighted by molar-refractivity contribution is -0.147. The molecule has 2 aliphatic heterocycles. The van der Waals surface area contributed by atoms with E-state index in [2.05, 4.69) is 5.32 Å². The van der Waals surface area contributed by atoms with E-state index in [0.29, 0.717) is 18.8 Å². The van der Waals surface area contributed by atoms with Gasteiger partial charge in [-0.25, -0.2) is 0 Å². The lowest BCUT2D eigenvalue weighted by atomic mass is 10.0. The normalized spacial score (nSPS) is 32.3. The zero-order valence-electron chi connectivity index (χ0n) is 11.9. The van der Waals surface area contributed by atoms with E-state index in [-0.39, 0.29) is 12.5 Å². The molecule has 2 saturated heterocycles. The summed E-state index contributed by atoms with van der Waals surface area (Å²) in [5.74, 6) is -0.324. The first-order chi connectivity index (χ1) is 10.7. The number of rotatable bonds is 4. The molecule has 0 aliphatic carbocycles. The fourth-order valence-electron chi connectivity index (χ4n) is 2.74. The van der Waals surface area contributed by atoms with Crippen molar-refractivity contribution >= 4 is 5.91 Å². The average molecular weight is 309 g/mol. The van der Waals surface area contributed by atoms with Crippen LogP contribution in [0, 0.1) is 0 Å². The number of hydrogen-bond donors (Lipinski definition) is 3. The van der Waals surface area contributed by atoms with Crippen LogP contribution < -0.4 is 5.32 Å². The van der Waals surface area contributed by atoms with E-state index < -0.39 is 30.6 Å². The van der Waals surface area contributed by atoms with E-state index in [1.165, 1.54) is 0 Å². The van der Waals surface area contributed by atoms with Gasteiger partial charge in [0, 0.05) is 5.56 Å². The van der Waals surface area contributed by atoms with Crippen LogP contribution in [-0.4, -0.2) is 66.6 Å². The summed E-state index contributed by atoms with van der Waals surface area (Å²) in [6.07, 6.45) is -3.14. The standard InChI is InChI=1S/C15H19NO6/c17-8-10-12(18)11(13(22-10)15-20-6-7-21-15)16-14(19)9-4-2-1-3-5-9/h1-5,10-13,15,17-18H,6-8H2,(H,16,19)/t10-,11-,12-,13-/m1/s1. The van der Waals surface area contributed by atoms with E-state index in [9.17, 15) is 15.0 Å². The Morgan fingerprint density at radius 3 is 2.55 bits per heavy atom. The molecule has 0 spiro atoms. The van der Waals surface area contributed by atoms with Crippen LogP contribution in [0.3, 0.4) is 0 Å². The number of carbonyl (C=O) groups excluding carboxylic acids is 1. The van der Waals surface area contributed by atoms with Crippen LogP contribution >= 0.6 is 0 Å². The Bertz CT molecular complexity index is 504. The third-order valence-electron chi connectivity index (χ3n) is 3.86. The summed E-state index contributed by atoms with van der Waals surface area (Å²) < 4.78 is 16.4. The van der Waals surface area contributed by atoms with E-state index in [4.69, 9.17) is 14.2 Å². The SMILES string of the molecule is O=C(N[C@@H]1[C@H](O)[C@@H](CO)O[C@H]1C1OCCO1)c1ccccc1. The zero-order valence-corrected chi connectivity index (χ0v) is 11.9. The third-order valence-corrected chi connectivity index (χ3v) is 3.86. The van der Waals surface area contributed by atoms with Gasteiger partial charge in [-0.1, -0.05) is 18.2 Å². The summed E-state index contributed by atoms with van der Waals surface area (Å²) in [7, 11) is 0. The molecular formula is C15H19NO6. The number of hydrogen-bond acceptors (Lipinski definition) is 6. The van der Waals surface area contributed by atoms with Crippen molar-refractivity contribution in [3.05, 3.63) is 35.9 Å². The molecule has 22 heavy (non-hydrogen) atoms. The molecule has 120 valence electrons. The first kappa shape index (κ1) is 15.4. The molecule has 0 aromatic heterocycles. The van der Waals surface area contributed by atoms with Crippen molar-refractivity contribution in [3.63, 3.8) is 0 Å². The number of benzene rings is 1. The Hall–Kier alpha value is -1.51. The number of nitrogens with one attached hydrogen (secondary N) is 1. The van der Waals surface area contributed by atoms with Gasteiger partial charge in [-0.15, -0.1) is 0 Å². The molecule has 2 fully saturated rings. The predicted molar refractivity (Wildman–Crippen MR) is 75.1 cm³/mol. The van der Waals surface area contributed by atoms with Crippen molar-refractivity contribution in [1.29, 1.82) is 0 Å². The van der Waals surface area contributed by atoms with Crippen molar-refractivity contribution < 1.29 is 29.2 Å². The molecule has 7 heteroatoms. The van der Waals surface area contributed by atoms with Gasteiger partial charge in [-0.3, -0.25) is 4.79 Å². The minimum absolute atomic E-state index is 0.324. The van der Waals surface area contributed by atoms with E-state index in [1.54, 1.807) is 24.3 Å². The van der Waals surface area contributed by atoms with Gasteiger partial charge in [-0.2, -0.15) is 0 Å². The van der Waals surface area contributed by atoms with Crippen molar-refractivity contribution in [1.82, 2.24) is 5.32 Å². The summed E-state index contributed by atoms with van der Waals surface area (Å²) >= 11 is 0. The quantitative estimate of drug-likeness (QED) is 0.679. The lowest BCUT2D eigenvalue weighted by Gasteiger charge is -2.25. The third kappa shape index (κ3) is 2.99. The largest absolute Gasteiger partial charge is 0.394 e. The zero-order chi connectivity index (χ0) is 15.5. The Balaban J connectivity index is 1.74. The second kappa shape index (κ2) is 6.72. The first-order valence-corrected chi connectivity index (χ1v) is 7.24. The molecule has 4 atom stereocenters. The molecule has 3 N–H and O–H groups in total. The van der Waals surface area contributed by atoms with E-state index >= 15 is 0 Å². The molecule has 1 amide bonds. The number of carbonyl (C=O) groups is 1. The van der Waals surface area contributed by atoms with Crippen molar-refractivity contribution in [2.75, 3.05) is 19.8 Å². The topological polar surface area (TPSA) is 97.3 Å². The number of ether oxygens (including phenoxy) is 3. The summed E-state index contributed by atoms with van der Waals surface area (Å²) in [4.78, 5) is 12.3. The van der Waals surface area contributed by atoms with Crippen LogP contribution in [0.1, 0.15) is 10.4 Å². The molecule has 1 aromatic rings. The summed E-state index contributed by atoms with van der Waals surface area (Å²) in [5.41, 5.74) is 0.481. The van der Waals surface area contributed by atoms with E-state index in [0.717, 1.165) is 0 Å². The van der Waals surface area contributed by atoms with Crippen LogP contribution in [0.5, 0.6) is 0 Å². The highest BCUT2D eigenvalue weighted by Crippen LogP contribution is 2.27. The monoisotopic (exact) mass is 309 g/mol. The Labute approximate surface area is 127 Å². The van der Waals surface area contributed by atoms with Gasteiger partial charge in [-0.05, 0) is 12.1 Å². The highest BCUT2D eigenvalue weighted by Gasteiger charge is 2.49. The molecule has 7 nitrogen and oxygen atoms in total. The second-order valence-electron chi connectivity index (χ2n) is 5.29. The van der Waals surface area contributed by atoms with E-state index in [1.807, 2.05) is 6.07 Å². The second-order valence-corrected chi connectivity index (χ2v) is 5.29. The Morgan fingerprint density at radius 1 is 1.23 bits per heavy atom. The Kier molecular flexibility index (Phi) is 4.70. The highest BCUT2D eigenvalue weighted by molar-refractivity contribution is 5.94. The molecule has 0 radical (unpaired) electrons. The maximum Gasteiger partial charge on any atom is 0.251 e. The fraction of sp³-hybridized carbons (Fsp3) is 0.533. The van der Waals surface area contributed by atoms with Crippen LogP contribution in [0.15, 0.2) is 30.3 Å². The van der Waals surface area contributed by atoms with Crippen LogP contribution in [0.4, 0.5) is 0 Å². The Morgan fingerprint density at radius 2 is 1.91 bits per heavy atom. The van der Waals surface area contributed by atoms with Crippen LogP contribution in [-0.2, 0) is 14.2 Å². The molecule has 1 aromatic carbocycles. The maximum absolute atomic E-state index is 12.3. The maximum atomic E-state index is 12.3. The van der Waals surface area contributed by atoms with Gasteiger partial charge in [0.15, 0.2) is 6.29 Å². The van der Waals surface area contributed by atoms with Gasteiger partial charge in [0.1, 0.15) is 18.3 Å². The fourth-order valence-corrected chi connectivity index (χ4v) is 2.74. The molecule has 0 unspecified atom stereocenters. The molecule has 2 heterocycles. The van der Waals surface area contributed by atoms with Gasteiger partial charge < -0.3 is 29.7 Å². The van der Waals surface area contributed by atoms with Gasteiger partial charge in [0.05, 0.1) is 25.9 Å².